The first-order valence-corrected chi connectivity index (χ1v) is 12.4. The lowest BCUT2D eigenvalue weighted by atomic mass is 9.85. The standard InChI is InChI=1S/C27H34N4O3/c1-30(2)10-11-34-21-9-8-19-16-31(17-20(19)13-21)27(33)23-14-22-24(12-18-6-4-3-5-7-18)28-29-25(22)15-26(23)32/h8-9,13-15,18,32H,3-7,10-12,16-17H2,1-2H3,(H,28,29). The second kappa shape index (κ2) is 9.66. The highest BCUT2D eigenvalue weighted by Crippen LogP contribution is 2.33. The average Bonchev–Trinajstić information content (AvgIpc) is 3.42. The van der Waals surface area contributed by atoms with Gasteiger partial charge in [0.2, 0.25) is 0 Å². The van der Waals surface area contributed by atoms with E-state index in [1.807, 2.05) is 38.4 Å². The van der Waals surface area contributed by atoms with Gasteiger partial charge in [0.15, 0.2) is 0 Å². The number of likely N-dealkylation sites (N-methyl/N-ethyl adjacent to an activating group) is 1. The second-order valence-corrected chi connectivity index (χ2v) is 10.0. The molecule has 0 saturated heterocycles. The minimum absolute atomic E-state index is 0.00553. The smallest absolute Gasteiger partial charge is 0.258 e. The van der Waals surface area contributed by atoms with Crippen molar-refractivity contribution in [3.63, 3.8) is 0 Å². The number of phenolic OH excluding ortho intramolecular Hbond substituents is 1. The Kier molecular flexibility index (Phi) is 6.46. The molecule has 0 atom stereocenters. The van der Waals surface area contributed by atoms with Gasteiger partial charge in [0.05, 0.1) is 16.8 Å². The summed E-state index contributed by atoms with van der Waals surface area (Å²) in [6.45, 7) is 2.51. The van der Waals surface area contributed by atoms with E-state index in [9.17, 15) is 9.90 Å². The molecule has 2 N–H and O–H groups in total. The molecule has 0 spiro atoms. The summed E-state index contributed by atoms with van der Waals surface area (Å²) >= 11 is 0. The number of benzene rings is 2. The van der Waals surface area contributed by atoms with Gasteiger partial charge in [0, 0.05) is 31.1 Å². The molecule has 0 radical (unpaired) electrons. The zero-order chi connectivity index (χ0) is 23.7. The molecule has 5 rings (SSSR count). The molecule has 2 heterocycles. The predicted molar refractivity (Wildman–Crippen MR) is 132 cm³/mol. The van der Waals surface area contributed by atoms with Gasteiger partial charge in [-0.3, -0.25) is 9.89 Å². The number of phenols is 1. The molecule has 7 heteroatoms. The van der Waals surface area contributed by atoms with Crippen LogP contribution >= 0.6 is 0 Å². The van der Waals surface area contributed by atoms with E-state index in [0.717, 1.165) is 46.4 Å². The molecule has 1 aromatic heterocycles. The van der Waals surface area contributed by atoms with Gasteiger partial charge in [0.1, 0.15) is 18.1 Å². The largest absolute Gasteiger partial charge is 0.507 e. The van der Waals surface area contributed by atoms with Crippen LogP contribution in [0.4, 0.5) is 0 Å². The summed E-state index contributed by atoms with van der Waals surface area (Å²) in [5.74, 6) is 1.31. The number of H-pyrrole nitrogens is 1. The molecule has 1 aliphatic heterocycles. The third-order valence-electron chi connectivity index (χ3n) is 7.19. The van der Waals surface area contributed by atoms with E-state index in [0.29, 0.717) is 31.2 Å². The number of aromatic hydroxyl groups is 1. The third kappa shape index (κ3) is 4.75. The highest BCUT2D eigenvalue weighted by atomic mass is 16.5. The van der Waals surface area contributed by atoms with Crippen LogP contribution in [0.25, 0.3) is 10.9 Å². The van der Waals surface area contributed by atoms with Crippen LogP contribution in [0.2, 0.25) is 0 Å². The normalized spacial score (nSPS) is 16.4. The van der Waals surface area contributed by atoms with E-state index < -0.39 is 0 Å². The third-order valence-corrected chi connectivity index (χ3v) is 7.19. The fraction of sp³-hybridized carbons (Fsp3) is 0.481. The summed E-state index contributed by atoms with van der Waals surface area (Å²) in [5.41, 5.74) is 4.34. The molecule has 0 bridgehead atoms. The molecule has 1 saturated carbocycles. The van der Waals surface area contributed by atoms with Gasteiger partial charge in [-0.15, -0.1) is 0 Å². The molecular weight excluding hydrogens is 428 g/mol. The van der Waals surface area contributed by atoms with E-state index in [4.69, 9.17) is 4.74 Å². The monoisotopic (exact) mass is 462 g/mol. The Morgan fingerprint density at radius 1 is 1.15 bits per heavy atom. The maximum absolute atomic E-state index is 13.4. The van der Waals surface area contributed by atoms with E-state index in [1.54, 1.807) is 11.0 Å². The van der Waals surface area contributed by atoms with Crippen molar-refractivity contribution in [3.05, 3.63) is 52.7 Å². The molecule has 7 nitrogen and oxygen atoms in total. The Morgan fingerprint density at radius 2 is 1.94 bits per heavy atom. The zero-order valence-electron chi connectivity index (χ0n) is 20.1. The average molecular weight is 463 g/mol. The number of hydrogen-bond acceptors (Lipinski definition) is 5. The van der Waals surface area contributed by atoms with Crippen LogP contribution in [-0.2, 0) is 19.5 Å². The molecule has 2 aliphatic rings. The van der Waals surface area contributed by atoms with Crippen molar-refractivity contribution in [3.8, 4) is 11.5 Å². The second-order valence-electron chi connectivity index (χ2n) is 10.0. The first-order chi connectivity index (χ1) is 16.5. The number of nitrogens with one attached hydrogen (secondary N) is 1. The van der Waals surface area contributed by atoms with Crippen LogP contribution in [0.3, 0.4) is 0 Å². The van der Waals surface area contributed by atoms with Gasteiger partial charge in [-0.2, -0.15) is 5.10 Å². The van der Waals surface area contributed by atoms with Crippen molar-refractivity contribution >= 4 is 16.8 Å². The fourth-order valence-corrected chi connectivity index (χ4v) is 5.22. The zero-order valence-corrected chi connectivity index (χ0v) is 20.1. The molecule has 3 aromatic rings. The van der Waals surface area contributed by atoms with E-state index in [1.165, 1.54) is 32.1 Å². The molecule has 1 fully saturated rings. The van der Waals surface area contributed by atoms with E-state index in [-0.39, 0.29) is 11.7 Å². The van der Waals surface area contributed by atoms with Gasteiger partial charge in [0.25, 0.3) is 5.91 Å². The SMILES string of the molecule is CN(C)CCOc1ccc2c(c1)CN(C(=O)c1cc3c(CC4CCCCC4)n[nH]c3cc1O)C2. The quantitative estimate of drug-likeness (QED) is 0.541. The van der Waals surface area contributed by atoms with Gasteiger partial charge < -0.3 is 19.6 Å². The Bertz CT molecular complexity index is 1180. The number of nitrogens with zero attached hydrogens (tertiary/aromatic N) is 3. The number of carbonyl (C=O) groups is 1. The lowest BCUT2D eigenvalue weighted by molar-refractivity contribution is 0.0748. The van der Waals surface area contributed by atoms with Crippen molar-refractivity contribution < 1.29 is 14.6 Å². The van der Waals surface area contributed by atoms with Crippen molar-refractivity contribution in [2.75, 3.05) is 27.2 Å². The lowest BCUT2D eigenvalue weighted by Gasteiger charge is -2.20. The van der Waals surface area contributed by atoms with Crippen LogP contribution in [-0.4, -0.2) is 58.3 Å². The molecule has 34 heavy (non-hydrogen) atoms. The van der Waals surface area contributed by atoms with Crippen molar-refractivity contribution in [1.82, 2.24) is 20.0 Å². The first-order valence-electron chi connectivity index (χ1n) is 12.4. The van der Waals surface area contributed by atoms with Crippen LogP contribution in [0.15, 0.2) is 30.3 Å². The summed E-state index contributed by atoms with van der Waals surface area (Å²) in [4.78, 5) is 17.3. The number of carbonyl (C=O) groups excluding carboxylic acids is 1. The van der Waals surface area contributed by atoms with Gasteiger partial charge in [-0.25, -0.2) is 0 Å². The van der Waals surface area contributed by atoms with Crippen LogP contribution in [0, 0.1) is 5.92 Å². The minimum Gasteiger partial charge on any atom is -0.507 e. The number of hydrogen-bond donors (Lipinski definition) is 2. The van der Waals surface area contributed by atoms with Crippen LogP contribution < -0.4 is 4.74 Å². The predicted octanol–water partition coefficient (Wildman–Crippen LogP) is 4.49. The van der Waals surface area contributed by atoms with Gasteiger partial charge in [-0.05, 0) is 55.8 Å². The molecule has 0 unspecified atom stereocenters. The highest BCUT2D eigenvalue weighted by Gasteiger charge is 2.27. The summed E-state index contributed by atoms with van der Waals surface area (Å²) < 4.78 is 5.86. The highest BCUT2D eigenvalue weighted by molar-refractivity contribution is 6.01. The number of amides is 1. The summed E-state index contributed by atoms with van der Waals surface area (Å²) in [5, 5.41) is 19.2. The molecule has 180 valence electrons. The number of rotatable bonds is 7. The molecule has 1 aliphatic carbocycles. The van der Waals surface area contributed by atoms with Crippen molar-refractivity contribution in [2.24, 2.45) is 5.92 Å². The number of aromatic nitrogens is 2. The van der Waals surface area contributed by atoms with Crippen molar-refractivity contribution in [2.45, 2.75) is 51.6 Å². The maximum atomic E-state index is 13.4. The summed E-state index contributed by atoms with van der Waals surface area (Å²) in [7, 11) is 4.04. The molecule has 1 amide bonds. The van der Waals surface area contributed by atoms with E-state index in [2.05, 4.69) is 15.1 Å². The van der Waals surface area contributed by atoms with E-state index >= 15 is 0 Å². The number of fused-ring (bicyclic) bond motifs is 2. The Hall–Kier alpha value is -3.06. The Balaban J connectivity index is 1.32. The maximum Gasteiger partial charge on any atom is 0.258 e. The topological polar surface area (TPSA) is 81.7 Å². The number of ether oxygens (including phenoxy) is 1. The Morgan fingerprint density at radius 3 is 2.74 bits per heavy atom. The Labute approximate surface area is 200 Å². The first kappa shape index (κ1) is 22.7. The molecule has 2 aromatic carbocycles. The van der Waals surface area contributed by atoms with Crippen molar-refractivity contribution in [1.29, 1.82) is 0 Å². The van der Waals surface area contributed by atoms with Gasteiger partial charge in [-0.1, -0.05) is 38.2 Å². The minimum atomic E-state index is -0.157. The summed E-state index contributed by atoms with van der Waals surface area (Å²) in [6.07, 6.45) is 7.30. The van der Waals surface area contributed by atoms with Crippen LogP contribution in [0.5, 0.6) is 11.5 Å². The fourth-order valence-electron chi connectivity index (χ4n) is 5.22. The number of aromatic amines is 1. The lowest BCUT2D eigenvalue weighted by Crippen LogP contribution is -2.25. The summed E-state index contributed by atoms with van der Waals surface area (Å²) in [6, 6.07) is 9.50. The molecular formula is C27H34N4O3. The van der Waals surface area contributed by atoms with Gasteiger partial charge >= 0.3 is 0 Å². The van der Waals surface area contributed by atoms with Crippen LogP contribution in [0.1, 0.15) is 59.3 Å².